The number of thiocarbonyl (C=S) groups is 1. The van der Waals surface area contributed by atoms with Gasteiger partial charge in [-0.25, -0.2) is 4.79 Å². The Balaban J connectivity index is 2.31. The van der Waals surface area contributed by atoms with Gasteiger partial charge < -0.3 is 19.7 Å². The number of nitrogens with zero attached hydrogens (tertiary/aromatic N) is 1. The molecule has 1 aromatic carbocycles. The number of carbonyl (C=O) groups excluding carboxylic acids is 1. The van der Waals surface area contributed by atoms with Gasteiger partial charge in [-0.2, -0.15) is 0 Å². The number of hydrogen-bond acceptors (Lipinski definition) is 4. The average Bonchev–Trinajstić information content (AvgIpc) is 2.61. The van der Waals surface area contributed by atoms with Crippen molar-refractivity contribution in [3.8, 4) is 0 Å². The lowest BCUT2D eigenvalue weighted by Gasteiger charge is -2.37. The normalized spacial score (nSPS) is 17.5. The van der Waals surface area contributed by atoms with E-state index < -0.39 is 0 Å². The van der Waals surface area contributed by atoms with Crippen LogP contribution in [-0.4, -0.2) is 42.3 Å². The van der Waals surface area contributed by atoms with E-state index in [4.69, 9.17) is 21.7 Å². The molecule has 25 heavy (non-hydrogen) atoms. The van der Waals surface area contributed by atoms with Crippen LogP contribution in [0.1, 0.15) is 38.8 Å². The SMILES string of the molecule is CCOCCCN1C(=S)NC(c2ccccc2)C(C(=O)OCC)=C1C. The summed E-state index contributed by atoms with van der Waals surface area (Å²) in [5.74, 6) is -0.307. The Morgan fingerprint density at radius 1 is 1.24 bits per heavy atom. The van der Waals surface area contributed by atoms with E-state index in [2.05, 4.69) is 5.32 Å². The van der Waals surface area contributed by atoms with Crippen LogP contribution in [0.25, 0.3) is 0 Å². The lowest BCUT2D eigenvalue weighted by atomic mass is 9.95. The molecule has 0 aliphatic carbocycles. The first-order chi connectivity index (χ1) is 12.1. The van der Waals surface area contributed by atoms with Crippen LogP contribution in [0.5, 0.6) is 0 Å². The number of benzene rings is 1. The van der Waals surface area contributed by atoms with E-state index in [1.54, 1.807) is 0 Å². The second kappa shape index (κ2) is 9.53. The van der Waals surface area contributed by atoms with Gasteiger partial charge in [-0.3, -0.25) is 0 Å². The Morgan fingerprint density at radius 2 is 1.96 bits per heavy atom. The van der Waals surface area contributed by atoms with Gasteiger partial charge in [-0.15, -0.1) is 0 Å². The molecule has 1 unspecified atom stereocenters. The van der Waals surface area contributed by atoms with Gasteiger partial charge in [0.15, 0.2) is 5.11 Å². The molecule has 1 aromatic rings. The van der Waals surface area contributed by atoms with E-state index in [0.717, 1.165) is 17.7 Å². The van der Waals surface area contributed by atoms with Crippen molar-refractivity contribution in [2.45, 2.75) is 33.2 Å². The number of esters is 1. The molecule has 5 nitrogen and oxygen atoms in total. The highest BCUT2D eigenvalue weighted by molar-refractivity contribution is 7.80. The number of hydrogen-bond donors (Lipinski definition) is 1. The summed E-state index contributed by atoms with van der Waals surface area (Å²) in [5.41, 5.74) is 2.44. The van der Waals surface area contributed by atoms with Crippen molar-refractivity contribution in [3.05, 3.63) is 47.2 Å². The summed E-state index contributed by atoms with van der Waals surface area (Å²) in [7, 11) is 0. The average molecular weight is 362 g/mol. The van der Waals surface area contributed by atoms with Gasteiger partial charge in [-0.05, 0) is 45.0 Å². The second-order valence-corrected chi connectivity index (χ2v) is 6.10. The molecule has 1 atom stereocenters. The molecular formula is C19H26N2O3S. The van der Waals surface area contributed by atoms with Gasteiger partial charge in [-0.1, -0.05) is 30.3 Å². The predicted molar refractivity (Wildman–Crippen MR) is 102 cm³/mol. The van der Waals surface area contributed by atoms with Crippen LogP contribution >= 0.6 is 12.2 Å². The minimum absolute atomic E-state index is 0.295. The highest BCUT2D eigenvalue weighted by Crippen LogP contribution is 2.31. The largest absolute Gasteiger partial charge is 0.463 e. The van der Waals surface area contributed by atoms with Gasteiger partial charge in [0.2, 0.25) is 0 Å². The van der Waals surface area contributed by atoms with Gasteiger partial charge in [0, 0.05) is 25.5 Å². The standard InChI is InChI=1S/C19H26N2O3S/c1-4-23-13-9-12-21-14(3)16(18(22)24-5-2)17(20-19(21)25)15-10-7-6-8-11-15/h6-8,10-11,17H,4-5,9,12-13H2,1-3H3,(H,20,25). The third-order valence-electron chi connectivity index (χ3n) is 4.10. The highest BCUT2D eigenvalue weighted by atomic mass is 32.1. The van der Waals surface area contributed by atoms with E-state index in [1.165, 1.54) is 0 Å². The predicted octanol–water partition coefficient (Wildman–Crippen LogP) is 3.18. The molecule has 0 radical (unpaired) electrons. The summed E-state index contributed by atoms with van der Waals surface area (Å²) >= 11 is 5.55. The Morgan fingerprint density at radius 3 is 2.60 bits per heavy atom. The number of nitrogens with one attached hydrogen (secondary N) is 1. The zero-order chi connectivity index (χ0) is 18.2. The van der Waals surface area contributed by atoms with Crippen molar-refractivity contribution in [1.82, 2.24) is 10.2 Å². The molecule has 0 spiro atoms. The maximum atomic E-state index is 12.6. The molecule has 136 valence electrons. The molecule has 0 bridgehead atoms. The monoisotopic (exact) mass is 362 g/mol. The molecule has 0 amide bonds. The van der Waals surface area contributed by atoms with Crippen LogP contribution in [0.2, 0.25) is 0 Å². The first-order valence-electron chi connectivity index (χ1n) is 8.68. The molecule has 0 saturated carbocycles. The van der Waals surface area contributed by atoms with Gasteiger partial charge in [0.1, 0.15) is 0 Å². The molecule has 0 fully saturated rings. The number of ether oxygens (including phenoxy) is 2. The third kappa shape index (κ3) is 4.80. The van der Waals surface area contributed by atoms with Crippen molar-refractivity contribution in [1.29, 1.82) is 0 Å². The quantitative estimate of drug-likeness (QED) is 0.435. The van der Waals surface area contributed by atoms with Crippen molar-refractivity contribution < 1.29 is 14.3 Å². The van der Waals surface area contributed by atoms with E-state index in [9.17, 15) is 4.79 Å². The lowest BCUT2D eigenvalue weighted by molar-refractivity contribution is -0.139. The second-order valence-electron chi connectivity index (χ2n) is 5.71. The minimum atomic E-state index is -0.307. The first-order valence-corrected chi connectivity index (χ1v) is 9.09. The van der Waals surface area contributed by atoms with Gasteiger partial charge in [0.05, 0.1) is 18.2 Å². The Bertz CT molecular complexity index is 631. The van der Waals surface area contributed by atoms with Crippen LogP contribution in [0, 0.1) is 0 Å². The van der Waals surface area contributed by atoms with Crippen LogP contribution in [0.3, 0.4) is 0 Å². The number of carbonyl (C=O) groups is 1. The van der Waals surface area contributed by atoms with Crippen LogP contribution < -0.4 is 5.32 Å². The van der Waals surface area contributed by atoms with Crippen LogP contribution in [0.15, 0.2) is 41.6 Å². The zero-order valence-electron chi connectivity index (χ0n) is 15.1. The third-order valence-corrected chi connectivity index (χ3v) is 4.44. The first kappa shape index (κ1) is 19.4. The van der Waals surface area contributed by atoms with E-state index in [0.29, 0.717) is 37.1 Å². The number of allylic oxidation sites excluding steroid dienone is 1. The molecule has 1 N–H and O–H groups in total. The summed E-state index contributed by atoms with van der Waals surface area (Å²) < 4.78 is 10.7. The van der Waals surface area contributed by atoms with Crippen molar-refractivity contribution in [2.24, 2.45) is 0 Å². The van der Waals surface area contributed by atoms with E-state index in [-0.39, 0.29) is 12.0 Å². The molecular weight excluding hydrogens is 336 g/mol. The minimum Gasteiger partial charge on any atom is -0.463 e. The van der Waals surface area contributed by atoms with Crippen LogP contribution in [0.4, 0.5) is 0 Å². The maximum Gasteiger partial charge on any atom is 0.338 e. The zero-order valence-corrected chi connectivity index (χ0v) is 15.9. The number of rotatable bonds is 8. The van der Waals surface area contributed by atoms with Crippen molar-refractivity contribution in [2.75, 3.05) is 26.4 Å². The Labute approximate surface area is 155 Å². The Kier molecular flexibility index (Phi) is 7.40. The summed E-state index contributed by atoms with van der Waals surface area (Å²) in [5, 5.41) is 3.92. The Hall–Kier alpha value is -1.92. The van der Waals surface area contributed by atoms with Crippen molar-refractivity contribution in [3.63, 3.8) is 0 Å². The van der Waals surface area contributed by atoms with Gasteiger partial charge >= 0.3 is 5.97 Å². The van der Waals surface area contributed by atoms with Crippen LogP contribution in [-0.2, 0) is 14.3 Å². The smallest absolute Gasteiger partial charge is 0.338 e. The molecule has 2 rings (SSSR count). The fraction of sp³-hybridized carbons (Fsp3) is 0.474. The lowest BCUT2D eigenvalue weighted by Crippen LogP contribution is -2.48. The van der Waals surface area contributed by atoms with E-state index in [1.807, 2.05) is 56.0 Å². The fourth-order valence-electron chi connectivity index (χ4n) is 2.89. The fourth-order valence-corrected chi connectivity index (χ4v) is 3.23. The summed E-state index contributed by atoms with van der Waals surface area (Å²) in [6.45, 7) is 8.11. The topological polar surface area (TPSA) is 50.8 Å². The summed E-state index contributed by atoms with van der Waals surface area (Å²) in [6, 6.07) is 9.52. The molecule has 1 aliphatic heterocycles. The van der Waals surface area contributed by atoms with E-state index >= 15 is 0 Å². The molecule has 6 heteroatoms. The highest BCUT2D eigenvalue weighted by Gasteiger charge is 2.34. The summed E-state index contributed by atoms with van der Waals surface area (Å²) in [4.78, 5) is 14.6. The molecule has 1 heterocycles. The maximum absolute atomic E-state index is 12.6. The molecule has 0 saturated heterocycles. The van der Waals surface area contributed by atoms with Gasteiger partial charge in [0.25, 0.3) is 0 Å². The molecule has 0 aromatic heterocycles. The molecule has 1 aliphatic rings. The van der Waals surface area contributed by atoms with Crippen molar-refractivity contribution >= 4 is 23.3 Å². The summed E-state index contributed by atoms with van der Waals surface area (Å²) in [6.07, 6.45) is 0.832.